The zero-order valence-corrected chi connectivity index (χ0v) is 12.3. The van der Waals surface area contributed by atoms with E-state index in [0.29, 0.717) is 6.54 Å². The van der Waals surface area contributed by atoms with Crippen LogP contribution in [-0.2, 0) is 9.59 Å². The van der Waals surface area contributed by atoms with Gasteiger partial charge >= 0.3 is 0 Å². The van der Waals surface area contributed by atoms with E-state index in [2.05, 4.69) is 0 Å². The molecule has 1 saturated heterocycles. The number of carbonyl (C=O) groups is 2. The molecule has 5 heteroatoms. The van der Waals surface area contributed by atoms with Gasteiger partial charge in [0.05, 0.1) is 12.0 Å². The van der Waals surface area contributed by atoms with Gasteiger partial charge in [-0.25, -0.2) is 0 Å². The number of benzene rings is 1. The van der Waals surface area contributed by atoms with E-state index >= 15 is 0 Å². The van der Waals surface area contributed by atoms with Gasteiger partial charge in [0, 0.05) is 17.8 Å². The van der Waals surface area contributed by atoms with Crippen LogP contribution in [0.15, 0.2) is 47.8 Å². The zero-order valence-electron chi connectivity index (χ0n) is 11.4. The van der Waals surface area contributed by atoms with Gasteiger partial charge in [-0.15, -0.1) is 11.3 Å². The minimum atomic E-state index is -0.399. The summed E-state index contributed by atoms with van der Waals surface area (Å²) in [5.41, 5.74) is 6.42. The molecule has 21 heavy (non-hydrogen) atoms. The summed E-state index contributed by atoms with van der Waals surface area (Å²) < 4.78 is 0. The third-order valence-corrected chi connectivity index (χ3v) is 4.73. The second-order valence-corrected chi connectivity index (χ2v) is 6.16. The van der Waals surface area contributed by atoms with E-state index < -0.39 is 5.91 Å². The van der Waals surface area contributed by atoms with Gasteiger partial charge in [0.1, 0.15) is 0 Å². The number of hydrogen-bond donors (Lipinski definition) is 1. The van der Waals surface area contributed by atoms with Gasteiger partial charge in [-0.1, -0.05) is 36.4 Å². The van der Waals surface area contributed by atoms with E-state index in [-0.39, 0.29) is 24.3 Å². The highest BCUT2D eigenvalue weighted by molar-refractivity contribution is 7.10. The van der Waals surface area contributed by atoms with Crippen LogP contribution in [0.4, 0.5) is 0 Å². The SMILES string of the molecule is NC(=O)C1CC(=O)N(C(c2ccccc2)c2cccs2)C1. The van der Waals surface area contributed by atoms with Crippen molar-refractivity contribution >= 4 is 23.2 Å². The Kier molecular flexibility index (Phi) is 3.75. The zero-order chi connectivity index (χ0) is 14.8. The first-order valence-corrected chi connectivity index (χ1v) is 7.72. The number of thiophene rings is 1. The smallest absolute Gasteiger partial charge is 0.224 e. The lowest BCUT2D eigenvalue weighted by Crippen LogP contribution is -2.32. The van der Waals surface area contributed by atoms with Gasteiger partial charge < -0.3 is 10.6 Å². The van der Waals surface area contributed by atoms with Crippen LogP contribution in [-0.4, -0.2) is 23.3 Å². The van der Waals surface area contributed by atoms with Gasteiger partial charge in [-0.05, 0) is 17.0 Å². The molecule has 1 aromatic heterocycles. The summed E-state index contributed by atoms with van der Waals surface area (Å²) in [6.07, 6.45) is 0.212. The molecule has 2 unspecified atom stereocenters. The molecule has 2 aromatic rings. The van der Waals surface area contributed by atoms with Crippen molar-refractivity contribution in [2.75, 3.05) is 6.54 Å². The quantitative estimate of drug-likeness (QED) is 0.940. The second kappa shape index (κ2) is 5.69. The predicted octanol–water partition coefficient (Wildman–Crippen LogP) is 2.17. The maximum Gasteiger partial charge on any atom is 0.224 e. The van der Waals surface area contributed by atoms with Crippen LogP contribution >= 0.6 is 11.3 Å². The highest BCUT2D eigenvalue weighted by Crippen LogP contribution is 2.35. The number of likely N-dealkylation sites (tertiary alicyclic amines) is 1. The molecule has 0 saturated carbocycles. The van der Waals surface area contributed by atoms with Crippen LogP contribution in [0.2, 0.25) is 0 Å². The predicted molar refractivity (Wildman–Crippen MR) is 81.6 cm³/mol. The minimum absolute atomic E-state index is 0.0129. The van der Waals surface area contributed by atoms with Crippen LogP contribution in [0, 0.1) is 5.92 Å². The largest absolute Gasteiger partial charge is 0.369 e. The minimum Gasteiger partial charge on any atom is -0.369 e. The molecule has 1 fully saturated rings. The summed E-state index contributed by atoms with van der Waals surface area (Å²) in [5, 5.41) is 2.00. The van der Waals surface area contributed by atoms with Crippen molar-refractivity contribution in [2.45, 2.75) is 12.5 Å². The first kappa shape index (κ1) is 13.8. The topological polar surface area (TPSA) is 63.4 Å². The van der Waals surface area contributed by atoms with Crippen molar-refractivity contribution in [3.8, 4) is 0 Å². The number of nitrogens with two attached hydrogens (primary N) is 1. The standard InChI is InChI=1S/C16H16N2O2S/c17-16(20)12-9-14(19)18(10-12)15(13-7-4-8-21-13)11-5-2-1-3-6-11/h1-8,12,15H,9-10H2,(H2,17,20). The number of nitrogens with zero attached hydrogens (tertiary/aromatic N) is 1. The third kappa shape index (κ3) is 2.69. The normalized spacial score (nSPS) is 19.7. The Bertz CT molecular complexity index is 640. The maximum atomic E-state index is 12.3. The third-order valence-electron chi connectivity index (χ3n) is 3.80. The monoisotopic (exact) mass is 300 g/mol. The molecule has 2 amide bonds. The fraction of sp³-hybridized carbons (Fsp3) is 0.250. The van der Waals surface area contributed by atoms with Gasteiger partial charge in [0.25, 0.3) is 0 Å². The molecule has 1 aromatic carbocycles. The fourth-order valence-corrected chi connectivity index (χ4v) is 3.62. The van der Waals surface area contributed by atoms with E-state index in [1.165, 1.54) is 0 Å². The van der Waals surface area contributed by atoms with E-state index in [4.69, 9.17) is 5.73 Å². The average molecular weight is 300 g/mol. The van der Waals surface area contributed by atoms with Gasteiger partial charge in [-0.3, -0.25) is 9.59 Å². The van der Waals surface area contributed by atoms with Gasteiger partial charge in [0.15, 0.2) is 0 Å². The van der Waals surface area contributed by atoms with E-state index in [1.54, 1.807) is 16.2 Å². The summed E-state index contributed by atoms with van der Waals surface area (Å²) in [6, 6.07) is 13.7. The highest BCUT2D eigenvalue weighted by atomic mass is 32.1. The molecule has 0 bridgehead atoms. The summed E-state index contributed by atoms with van der Waals surface area (Å²) >= 11 is 1.61. The molecule has 2 N–H and O–H groups in total. The van der Waals surface area contributed by atoms with Crippen LogP contribution in [0.1, 0.15) is 22.9 Å². The van der Waals surface area contributed by atoms with Crippen molar-refractivity contribution in [2.24, 2.45) is 11.7 Å². The lowest BCUT2D eigenvalue weighted by atomic mass is 10.0. The van der Waals surface area contributed by atoms with Crippen molar-refractivity contribution in [1.29, 1.82) is 0 Å². The Morgan fingerprint density at radius 2 is 2.00 bits per heavy atom. The molecular weight excluding hydrogens is 284 g/mol. The summed E-state index contributed by atoms with van der Waals surface area (Å²) in [7, 11) is 0. The molecule has 1 aliphatic heterocycles. The molecule has 2 atom stereocenters. The number of amides is 2. The maximum absolute atomic E-state index is 12.3. The van der Waals surface area contributed by atoms with E-state index in [0.717, 1.165) is 10.4 Å². The Morgan fingerprint density at radius 3 is 2.57 bits per heavy atom. The molecular formula is C16H16N2O2S. The highest BCUT2D eigenvalue weighted by Gasteiger charge is 2.38. The second-order valence-electron chi connectivity index (χ2n) is 5.18. The molecule has 3 rings (SSSR count). The first-order valence-electron chi connectivity index (χ1n) is 6.84. The molecule has 0 spiro atoms. The molecule has 4 nitrogen and oxygen atoms in total. The number of carbonyl (C=O) groups excluding carboxylic acids is 2. The van der Waals surface area contributed by atoms with E-state index in [9.17, 15) is 9.59 Å². The lowest BCUT2D eigenvalue weighted by molar-refractivity contribution is -0.129. The Balaban J connectivity index is 1.97. The molecule has 1 aliphatic rings. The number of rotatable bonds is 4. The van der Waals surface area contributed by atoms with Gasteiger partial charge in [0.2, 0.25) is 11.8 Å². The Morgan fingerprint density at radius 1 is 1.24 bits per heavy atom. The molecule has 0 radical (unpaired) electrons. The van der Waals surface area contributed by atoms with Crippen LogP contribution in [0.5, 0.6) is 0 Å². The van der Waals surface area contributed by atoms with E-state index in [1.807, 2.05) is 47.8 Å². The summed E-state index contributed by atoms with van der Waals surface area (Å²) in [4.78, 5) is 26.6. The van der Waals surface area contributed by atoms with Crippen molar-refractivity contribution in [3.63, 3.8) is 0 Å². The Hall–Kier alpha value is -2.14. The first-order chi connectivity index (χ1) is 10.2. The molecule has 108 valence electrons. The fourth-order valence-electron chi connectivity index (χ4n) is 2.75. The van der Waals surface area contributed by atoms with Gasteiger partial charge in [-0.2, -0.15) is 0 Å². The van der Waals surface area contributed by atoms with Crippen molar-refractivity contribution in [1.82, 2.24) is 4.90 Å². The lowest BCUT2D eigenvalue weighted by Gasteiger charge is -2.27. The molecule has 2 heterocycles. The van der Waals surface area contributed by atoms with Crippen LogP contribution in [0.25, 0.3) is 0 Å². The average Bonchev–Trinajstić information content (AvgIpc) is 3.12. The summed E-state index contributed by atoms with van der Waals surface area (Å²) in [6.45, 7) is 0.394. The number of primary amides is 1. The Labute approximate surface area is 127 Å². The van der Waals surface area contributed by atoms with Crippen molar-refractivity contribution in [3.05, 3.63) is 58.3 Å². The number of hydrogen-bond acceptors (Lipinski definition) is 3. The van der Waals surface area contributed by atoms with Crippen molar-refractivity contribution < 1.29 is 9.59 Å². The van der Waals surface area contributed by atoms with Crippen LogP contribution in [0.3, 0.4) is 0 Å². The van der Waals surface area contributed by atoms with Crippen LogP contribution < -0.4 is 5.73 Å². The summed E-state index contributed by atoms with van der Waals surface area (Å²) in [5.74, 6) is -0.798. The molecule has 0 aliphatic carbocycles.